The number of aromatic nitrogens is 1. The van der Waals surface area contributed by atoms with E-state index in [0.29, 0.717) is 25.5 Å². The van der Waals surface area contributed by atoms with E-state index in [2.05, 4.69) is 17.2 Å². The molecule has 1 aromatic rings. The summed E-state index contributed by atoms with van der Waals surface area (Å²) in [6, 6.07) is 0.632. The van der Waals surface area contributed by atoms with Crippen LogP contribution >= 0.6 is 11.3 Å². The average molecular weight is 296 g/mol. The molecule has 1 fully saturated rings. The fourth-order valence-corrected chi connectivity index (χ4v) is 3.64. The van der Waals surface area contributed by atoms with Crippen LogP contribution in [0.25, 0.3) is 0 Å². The molecule has 112 valence electrons. The van der Waals surface area contributed by atoms with Crippen LogP contribution in [0, 0.1) is 0 Å². The summed E-state index contributed by atoms with van der Waals surface area (Å²) >= 11 is 1.70. The molecule has 0 N–H and O–H groups in total. The van der Waals surface area contributed by atoms with Gasteiger partial charge >= 0.3 is 5.97 Å². The summed E-state index contributed by atoms with van der Waals surface area (Å²) in [6.07, 6.45) is 6.14. The van der Waals surface area contributed by atoms with Gasteiger partial charge in [0.15, 0.2) is 5.13 Å². The van der Waals surface area contributed by atoms with E-state index in [1.807, 2.05) is 6.92 Å². The van der Waals surface area contributed by atoms with Gasteiger partial charge in [0.1, 0.15) is 0 Å². The minimum atomic E-state index is -0.133. The molecule has 2 rings (SSSR count). The Balaban J connectivity index is 1.92. The molecule has 1 unspecified atom stereocenters. The second kappa shape index (κ2) is 7.62. The Labute approximate surface area is 125 Å². The van der Waals surface area contributed by atoms with Gasteiger partial charge in [-0.05, 0) is 32.6 Å². The molecule has 0 bridgehead atoms. The van der Waals surface area contributed by atoms with Crippen molar-refractivity contribution in [3.05, 3.63) is 11.1 Å². The molecule has 0 saturated carbocycles. The minimum Gasteiger partial charge on any atom is -0.466 e. The number of aryl methyl sites for hydroxylation is 1. The van der Waals surface area contributed by atoms with Crippen LogP contribution in [-0.2, 0) is 16.0 Å². The first-order chi connectivity index (χ1) is 9.74. The molecule has 1 aliphatic rings. The number of thiazole rings is 1. The Kier molecular flexibility index (Phi) is 5.83. The van der Waals surface area contributed by atoms with Gasteiger partial charge in [-0.15, -0.1) is 11.3 Å². The normalized spacial score (nSPS) is 19.1. The third-order valence-corrected chi connectivity index (χ3v) is 4.70. The van der Waals surface area contributed by atoms with Gasteiger partial charge in [0, 0.05) is 24.4 Å². The molecule has 0 aliphatic carbocycles. The van der Waals surface area contributed by atoms with Crippen molar-refractivity contribution in [3.8, 4) is 0 Å². The monoisotopic (exact) mass is 296 g/mol. The number of piperidine rings is 1. The van der Waals surface area contributed by atoms with Crippen molar-refractivity contribution in [1.82, 2.24) is 4.98 Å². The van der Waals surface area contributed by atoms with E-state index in [9.17, 15) is 4.79 Å². The molecule has 0 amide bonds. The summed E-state index contributed by atoms with van der Waals surface area (Å²) in [5.41, 5.74) is 1.01. The SMILES string of the molecule is CCOC(=O)CCc1csc(N2CCCCC2CC)n1. The van der Waals surface area contributed by atoms with E-state index in [1.54, 1.807) is 11.3 Å². The first kappa shape index (κ1) is 15.3. The molecule has 20 heavy (non-hydrogen) atoms. The second-order valence-corrected chi connectivity index (χ2v) is 6.01. The molecule has 1 aliphatic heterocycles. The van der Waals surface area contributed by atoms with E-state index in [0.717, 1.165) is 17.4 Å². The lowest BCUT2D eigenvalue weighted by Gasteiger charge is -2.35. The van der Waals surface area contributed by atoms with Crippen LogP contribution in [0.15, 0.2) is 5.38 Å². The van der Waals surface area contributed by atoms with E-state index in [1.165, 1.54) is 25.7 Å². The van der Waals surface area contributed by atoms with Crippen molar-refractivity contribution in [2.24, 2.45) is 0 Å². The summed E-state index contributed by atoms with van der Waals surface area (Å²) in [6.45, 7) is 5.65. The van der Waals surface area contributed by atoms with E-state index in [-0.39, 0.29) is 5.97 Å². The quantitative estimate of drug-likeness (QED) is 0.755. The molecule has 2 heterocycles. The lowest BCUT2D eigenvalue weighted by atomic mass is 10.0. The smallest absolute Gasteiger partial charge is 0.306 e. The molecule has 0 aromatic carbocycles. The number of anilines is 1. The van der Waals surface area contributed by atoms with Gasteiger partial charge in [-0.3, -0.25) is 4.79 Å². The van der Waals surface area contributed by atoms with E-state index < -0.39 is 0 Å². The van der Waals surface area contributed by atoms with Crippen molar-refractivity contribution in [1.29, 1.82) is 0 Å². The fraction of sp³-hybridized carbons (Fsp3) is 0.733. The summed E-state index contributed by atoms with van der Waals surface area (Å²) in [4.78, 5) is 18.5. The van der Waals surface area contributed by atoms with Crippen LogP contribution in [-0.4, -0.2) is 30.1 Å². The largest absolute Gasteiger partial charge is 0.466 e. The third-order valence-electron chi connectivity index (χ3n) is 3.77. The van der Waals surface area contributed by atoms with Crippen LogP contribution in [0.3, 0.4) is 0 Å². The van der Waals surface area contributed by atoms with Gasteiger partial charge in [0.2, 0.25) is 0 Å². The molecule has 0 spiro atoms. The molecule has 1 atom stereocenters. The highest BCUT2D eigenvalue weighted by molar-refractivity contribution is 7.13. The van der Waals surface area contributed by atoms with Gasteiger partial charge in [0.05, 0.1) is 18.7 Å². The lowest BCUT2D eigenvalue weighted by molar-refractivity contribution is -0.143. The van der Waals surface area contributed by atoms with E-state index in [4.69, 9.17) is 9.72 Å². The van der Waals surface area contributed by atoms with Gasteiger partial charge in [-0.1, -0.05) is 6.92 Å². The van der Waals surface area contributed by atoms with Crippen LogP contribution in [0.1, 0.15) is 51.6 Å². The zero-order chi connectivity index (χ0) is 14.4. The zero-order valence-corrected chi connectivity index (χ0v) is 13.2. The van der Waals surface area contributed by atoms with Crippen LogP contribution in [0.4, 0.5) is 5.13 Å². The number of hydrogen-bond acceptors (Lipinski definition) is 5. The average Bonchev–Trinajstić information content (AvgIpc) is 2.94. The fourth-order valence-electron chi connectivity index (χ4n) is 2.68. The van der Waals surface area contributed by atoms with Gasteiger partial charge < -0.3 is 9.64 Å². The molecule has 1 saturated heterocycles. The van der Waals surface area contributed by atoms with Gasteiger partial charge in [-0.2, -0.15) is 0 Å². The van der Waals surface area contributed by atoms with Crippen LogP contribution < -0.4 is 4.90 Å². The number of ether oxygens (including phenoxy) is 1. The highest BCUT2D eigenvalue weighted by atomic mass is 32.1. The summed E-state index contributed by atoms with van der Waals surface area (Å²) in [5, 5.41) is 3.20. The Morgan fingerprint density at radius 3 is 3.10 bits per heavy atom. The maximum atomic E-state index is 11.4. The van der Waals surface area contributed by atoms with Crippen molar-refractivity contribution in [2.45, 2.75) is 58.4 Å². The number of nitrogens with zero attached hydrogens (tertiary/aromatic N) is 2. The Morgan fingerprint density at radius 1 is 1.50 bits per heavy atom. The maximum absolute atomic E-state index is 11.4. The highest BCUT2D eigenvalue weighted by Gasteiger charge is 2.23. The van der Waals surface area contributed by atoms with Crippen molar-refractivity contribution in [2.75, 3.05) is 18.1 Å². The molecule has 5 heteroatoms. The predicted molar refractivity (Wildman–Crippen MR) is 82.3 cm³/mol. The van der Waals surface area contributed by atoms with Crippen molar-refractivity contribution < 1.29 is 9.53 Å². The summed E-state index contributed by atoms with van der Waals surface area (Å²) in [5.74, 6) is -0.133. The lowest BCUT2D eigenvalue weighted by Crippen LogP contribution is -2.39. The van der Waals surface area contributed by atoms with Crippen LogP contribution in [0.2, 0.25) is 0 Å². The minimum absolute atomic E-state index is 0.133. The summed E-state index contributed by atoms with van der Waals surface area (Å²) < 4.78 is 4.95. The first-order valence-electron chi connectivity index (χ1n) is 7.61. The number of carbonyl (C=O) groups is 1. The number of carbonyl (C=O) groups excluding carboxylic acids is 1. The van der Waals surface area contributed by atoms with Crippen molar-refractivity contribution >= 4 is 22.4 Å². The number of rotatable bonds is 6. The molecule has 4 nitrogen and oxygen atoms in total. The Bertz CT molecular complexity index is 433. The molecular formula is C15H24N2O2S. The topological polar surface area (TPSA) is 42.4 Å². The van der Waals surface area contributed by atoms with E-state index >= 15 is 0 Å². The number of hydrogen-bond donors (Lipinski definition) is 0. The predicted octanol–water partition coefficient (Wildman–Crippen LogP) is 3.41. The number of esters is 1. The first-order valence-corrected chi connectivity index (χ1v) is 8.49. The van der Waals surface area contributed by atoms with Crippen molar-refractivity contribution in [3.63, 3.8) is 0 Å². The molecule has 0 radical (unpaired) electrons. The Morgan fingerprint density at radius 2 is 2.35 bits per heavy atom. The zero-order valence-electron chi connectivity index (χ0n) is 12.4. The third kappa shape index (κ3) is 3.95. The van der Waals surface area contributed by atoms with Crippen LogP contribution in [0.5, 0.6) is 0 Å². The second-order valence-electron chi connectivity index (χ2n) is 5.18. The Hall–Kier alpha value is -1.10. The highest BCUT2D eigenvalue weighted by Crippen LogP contribution is 2.29. The maximum Gasteiger partial charge on any atom is 0.306 e. The molecular weight excluding hydrogens is 272 g/mol. The van der Waals surface area contributed by atoms with Gasteiger partial charge in [0.25, 0.3) is 0 Å². The van der Waals surface area contributed by atoms with Gasteiger partial charge in [-0.25, -0.2) is 4.98 Å². The standard InChI is InChI=1S/C15H24N2O2S/c1-3-13-7-5-6-10-17(13)15-16-12(11-20-15)8-9-14(18)19-4-2/h11,13H,3-10H2,1-2H3. The summed E-state index contributed by atoms with van der Waals surface area (Å²) in [7, 11) is 0. The molecule has 1 aromatic heterocycles.